The van der Waals surface area contributed by atoms with Gasteiger partial charge in [-0.05, 0) is 61.6 Å². The Morgan fingerprint density at radius 2 is 1.86 bits per heavy atom. The molecule has 0 aliphatic carbocycles. The Balaban J connectivity index is 1.12. The Morgan fingerprint density at radius 3 is 2.63 bits per heavy atom. The molecule has 5 rings (SSSR count). The molecule has 2 amide bonds. The number of benzene rings is 2. The molecule has 184 valence electrons. The van der Waals surface area contributed by atoms with Gasteiger partial charge in [-0.3, -0.25) is 4.90 Å². The SMILES string of the molecule is Cc1cc(NC(=O)N2CCOCC2)cc2ncn(CCCCN3CC=C(c4ccccc4)CC3)c12. The van der Waals surface area contributed by atoms with E-state index in [2.05, 4.69) is 63.1 Å². The summed E-state index contributed by atoms with van der Waals surface area (Å²) in [5.74, 6) is 0. The number of morpholine rings is 1. The summed E-state index contributed by atoms with van der Waals surface area (Å²) in [6.07, 6.45) is 7.73. The van der Waals surface area contributed by atoms with Gasteiger partial charge in [0.05, 0.1) is 30.6 Å². The number of hydrogen-bond donors (Lipinski definition) is 1. The van der Waals surface area contributed by atoms with Gasteiger partial charge in [-0.1, -0.05) is 36.4 Å². The molecule has 0 unspecified atom stereocenters. The largest absolute Gasteiger partial charge is 0.378 e. The van der Waals surface area contributed by atoms with E-state index < -0.39 is 0 Å². The highest BCUT2D eigenvalue weighted by atomic mass is 16.5. The summed E-state index contributed by atoms with van der Waals surface area (Å²) in [7, 11) is 0. The predicted octanol–water partition coefficient (Wildman–Crippen LogP) is 4.78. The fraction of sp³-hybridized carbons (Fsp3) is 0.429. The smallest absolute Gasteiger partial charge is 0.322 e. The Kier molecular flexibility index (Phi) is 7.45. The third-order valence-electron chi connectivity index (χ3n) is 7.01. The van der Waals surface area contributed by atoms with Crippen molar-refractivity contribution in [1.29, 1.82) is 0 Å². The topological polar surface area (TPSA) is 62.6 Å². The lowest BCUT2D eigenvalue weighted by Crippen LogP contribution is -2.43. The number of unbranched alkanes of at least 4 members (excludes halogenated alkanes) is 1. The van der Waals surface area contributed by atoms with Crippen LogP contribution in [0.25, 0.3) is 16.6 Å². The second-order valence-corrected chi connectivity index (χ2v) is 9.48. The first kappa shape index (κ1) is 23.6. The van der Waals surface area contributed by atoms with Crippen molar-refractivity contribution in [3.05, 3.63) is 66.0 Å². The zero-order chi connectivity index (χ0) is 24.0. The molecular weight excluding hydrogens is 438 g/mol. The summed E-state index contributed by atoms with van der Waals surface area (Å²) >= 11 is 0. The number of carbonyl (C=O) groups excluding carboxylic acids is 1. The summed E-state index contributed by atoms with van der Waals surface area (Å²) in [6.45, 7) is 8.79. The summed E-state index contributed by atoms with van der Waals surface area (Å²) in [5, 5.41) is 3.03. The summed E-state index contributed by atoms with van der Waals surface area (Å²) in [5.41, 5.74) is 6.84. The Hall–Kier alpha value is -3.16. The van der Waals surface area contributed by atoms with Crippen molar-refractivity contribution in [2.24, 2.45) is 0 Å². The third-order valence-corrected chi connectivity index (χ3v) is 7.01. The van der Waals surface area contributed by atoms with E-state index in [1.165, 1.54) is 17.6 Å². The first-order chi connectivity index (χ1) is 17.2. The lowest BCUT2D eigenvalue weighted by atomic mass is 9.99. The zero-order valence-corrected chi connectivity index (χ0v) is 20.6. The van der Waals surface area contributed by atoms with E-state index in [1.54, 1.807) is 4.90 Å². The number of imidazole rings is 1. The van der Waals surface area contributed by atoms with E-state index in [0.29, 0.717) is 26.3 Å². The molecule has 3 heterocycles. The van der Waals surface area contributed by atoms with E-state index in [1.807, 2.05) is 18.5 Å². The number of amides is 2. The first-order valence-electron chi connectivity index (χ1n) is 12.7. The van der Waals surface area contributed by atoms with Crippen LogP contribution in [0.4, 0.5) is 10.5 Å². The zero-order valence-electron chi connectivity index (χ0n) is 20.6. The number of nitrogens with one attached hydrogen (secondary N) is 1. The van der Waals surface area contributed by atoms with E-state index in [0.717, 1.165) is 61.3 Å². The number of aryl methyl sites for hydroxylation is 2. The molecule has 2 aliphatic heterocycles. The van der Waals surface area contributed by atoms with Crippen molar-refractivity contribution in [1.82, 2.24) is 19.4 Å². The van der Waals surface area contributed by atoms with Crippen LogP contribution in [0.15, 0.2) is 54.9 Å². The maximum atomic E-state index is 12.5. The molecule has 0 saturated carbocycles. The van der Waals surface area contributed by atoms with Gasteiger partial charge in [0.1, 0.15) is 0 Å². The highest BCUT2D eigenvalue weighted by molar-refractivity contribution is 5.93. The minimum absolute atomic E-state index is 0.0741. The maximum Gasteiger partial charge on any atom is 0.322 e. The number of anilines is 1. The molecule has 3 aromatic rings. The van der Waals surface area contributed by atoms with Crippen LogP contribution in [0.5, 0.6) is 0 Å². The highest BCUT2D eigenvalue weighted by Crippen LogP contribution is 2.25. The van der Waals surface area contributed by atoms with Crippen LogP contribution in [0.3, 0.4) is 0 Å². The van der Waals surface area contributed by atoms with E-state index >= 15 is 0 Å². The highest BCUT2D eigenvalue weighted by Gasteiger charge is 2.18. The lowest BCUT2D eigenvalue weighted by molar-refractivity contribution is 0.0564. The summed E-state index contributed by atoms with van der Waals surface area (Å²) in [6, 6.07) is 14.7. The van der Waals surface area contributed by atoms with Gasteiger partial charge in [-0.15, -0.1) is 0 Å². The van der Waals surface area contributed by atoms with Crippen molar-refractivity contribution in [2.75, 3.05) is 51.3 Å². The average Bonchev–Trinajstić information content (AvgIpc) is 3.31. The average molecular weight is 474 g/mol. The number of aromatic nitrogens is 2. The van der Waals surface area contributed by atoms with Crippen molar-refractivity contribution in [2.45, 2.75) is 32.7 Å². The number of rotatable bonds is 7. The summed E-state index contributed by atoms with van der Waals surface area (Å²) in [4.78, 5) is 21.5. The molecule has 2 aromatic carbocycles. The van der Waals surface area contributed by atoms with Gasteiger partial charge in [0, 0.05) is 38.4 Å². The molecule has 1 aromatic heterocycles. The van der Waals surface area contributed by atoms with Gasteiger partial charge in [0.25, 0.3) is 0 Å². The third kappa shape index (κ3) is 5.74. The monoisotopic (exact) mass is 473 g/mol. The second kappa shape index (κ2) is 11.1. The molecule has 2 aliphatic rings. The standard InChI is InChI=1S/C28H35N5O2/c1-22-19-25(30-28(34)32-15-17-35-18-16-32)20-26-27(22)33(21-29-26)12-6-5-11-31-13-9-24(10-14-31)23-7-3-2-4-8-23/h2-4,7-9,19-21H,5-6,10-18H2,1H3,(H,30,34). The molecule has 1 N–H and O–H groups in total. The molecule has 35 heavy (non-hydrogen) atoms. The van der Waals surface area contributed by atoms with Crippen molar-refractivity contribution in [3.63, 3.8) is 0 Å². The van der Waals surface area contributed by atoms with Crippen molar-refractivity contribution >= 4 is 28.3 Å². The van der Waals surface area contributed by atoms with Gasteiger partial charge >= 0.3 is 6.03 Å². The lowest BCUT2D eigenvalue weighted by Gasteiger charge is -2.27. The number of urea groups is 1. The molecular formula is C28H35N5O2. The number of carbonyl (C=O) groups is 1. The minimum atomic E-state index is -0.0741. The molecule has 0 spiro atoms. The van der Waals surface area contributed by atoms with E-state index in [4.69, 9.17) is 4.74 Å². The van der Waals surface area contributed by atoms with Gasteiger partial charge in [0.15, 0.2) is 0 Å². The predicted molar refractivity (Wildman–Crippen MR) is 141 cm³/mol. The molecule has 0 atom stereocenters. The fourth-order valence-corrected chi connectivity index (χ4v) is 5.08. The van der Waals surface area contributed by atoms with Crippen LogP contribution in [0.1, 0.15) is 30.4 Å². The quantitative estimate of drug-likeness (QED) is 0.502. The van der Waals surface area contributed by atoms with Crippen LogP contribution in [0, 0.1) is 6.92 Å². The van der Waals surface area contributed by atoms with Crippen LogP contribution < -0.4 is 5.32 Å². The molecule has 7 heteroatoms. The fourth-order valence-electron chi connectivity index (χ4n) is 5.08. The van der Waals surface area contributed by atoms with Crippen LogP contribution in [-0.2, 0) is 11.3 Å². The second-order valence-electron chi connectivity index (χ2n) is 9.48. The maximum absolute atomic E-state index is 12.5. The normalized spacial score (nSPS) is 16.9. The van der Waals surface area contributed by atoms with Gasteiger partial charge in [0.2, 0.25) is 0 Å². The Morgan fingerprint density at radius 1 is 1.06 bits per heavy atom. The minimum Gasteiger partial charge on any atom is -0.378 e. The Labute approximate surface area is 207 Å². The van der Waals surface area contributed by atoms with Gasteiger partial charge in [-0.2, -0.15) is 0 Å². The van der Waals surface area contributed by atoms with Gasteiger partial charge in [-0.25, -0.2) is 9.78 Å². The van der Waals surface area contributed by atoms with E-state index in [-0.39, 0.29) is 6.03 Å². The molecule has 1 saturated heterocycles. The molecule has 0 bridgehead atoms. The number of hydrogen-bond acceptors (Lipinski definition) is 4. The van der Waals surface area contributed by atoms with E-state index in [9.17, 15) is 4.79 Å². The van der Waals surface area contributed by atoms with Crippen LogP contribution in [-0.4, -0.2) is 71.3 Å². The first-order valence-corrected chi connectivity index (χ1v) is 12.7. The number of nitrogens with zero attached hydrogens (tertiary/aromatic N) is 4. The number of fused-ring (bicyclic) bond motifs is 1. The molecule has 1 fully saturated rings. The molecule has 0 radical (unpaired) electrons. The molecule has 7 nitrogen and oxygen atoms in total. The van der Waals surface area contributed by atoms with Crippen molar-refractivity contribution < 1.29 is 9.53 Å². The number of ether oxygens (including phenoxy) is 1. The van der Waals surface area contributed by atoms with Crippen LogP contribution >= 0.6 is 0 Å². The summed E-state index contributed by atoms with van der Waals surface area (Å²) < 4.78 is 7.59. The van der Waals surface area contributed by atoms with Gasteiger partial charge < -0.3 is 19.5 Å². The van der Waals surface area contributed by atoms with Crippen LogP contribution in [0.2, 0.25) is 0 Å². The van der Waals surface area contributed by atoms with Crippen molar-refractivity contribution in [3.8, 4) is 0 Å². The Bertz CT molecular complexity index is 1180.